The second kappa shape index (κ2) is 6.04. The molecule has 3 aromatic heterocycles. The van der Waals surface area contributed by atoms with Gasteiger partial charge in [0.1, 0.15) is 11.4 Å². The van der Waals surface area contributed by atoms with Gasteiger partial charge in [0.05, 0.1) is 22.3 Å². The smallest absolute Gasteiger partial charge is 0.227 e. The number of pyridine rings is 1. The van der Waals surface area contributed by atoms with Crippen LogP contribution in [0.1, 0.15) is 0 Å². The van der Waals surface area contributed by atoms with E-state index in [0.29, 0.717) is 5.71 Å². The van der Waals surface area contributed by atoms with Crippen LogP contribution >= 0.6 is 0 Å². The Balaban J connectivity index is 1.61. The molecule has 0 aliphatic heterocycles. The first-order valence-electron chi connectivity index (χ1n) is 9.59. The van der Waals surface area contributed by atoms with Crippen LogP contribution in [-0.4, -0.2) is 14.5 Å². The average molecular weight is 375 g/mol. The largest absolute Gasteiger partial charge is 0.437 e. The summed E-state index contributed by atoms with van der Waals surface area (Å²) in [6.45, 7) is 0. The molecule has 0 saturated heterocycles. The van der Waals surface area contributed by atoms with Crippen molar-refractivity contribution in [1.82, 2.24) is 14.5 Å². The number of benzene rings is 3. The van der Waals surface area contributed by atoms with Crippen LogP contribution in [0.4, 0.5) is 0 Å². The van der Waals surface area contributed by atoms with Gasteiger partial charge in [0.15, 0.2) is 0 Å². The van der Waals surface area contributed by atoms with Crippen LogP contribution in [0.5, 0.6) is 0 Å². The number of fused-ring (bicyclic) bond motifs is 4. The number of aromatic nitrogens is 3. The quantitative estimate of drug-likeness (QED) is 0.362. The molecule has 0 spiro atoms. The number of furan rings is 1. The lowest BCUT2D eigenvalue weighted by molar-refractivity contribution is 0.655. The minimum atomic E-state index is 0.646. The summed E-state index contributed by atoms with van der Waals surface area (Å²) in [5.74, 6) is 0.888. The molecule has 6 aromatic rings. The summed E-state index contributed by atoms with van der Waals surface area (Å²) >= 11 is 0. The van der Waals surface area contributed by atoms with Gasteiger partial charge in [0, 0.05) is 23.4 Å². The van der Waals surface area contributed by atoms with E-state index in [-0.39, 0.29) is 0 Å². The Morgan fingerprint density at radius 2 is 1.55 bits per heavy atom. The lowest BCUT2D eigenvalue weighted by Gasteiger charge is -2.03. The SMILES string of the molecule is Cn1c(-c2cccc3c2oc2nc(-c4ccccc4)ccc23)nc2ccccc21. The zero-order chi connectivity index (χ0) is 19.4. The summed E-state index contributed by atoms with van der Waals surface area (Å²) in [5.41, 5.74) is 6.49. The van der Waals surface area contributed by atoms with Crippen molar-refractivity contribution in [1.29, 1.82) is 0 Å². The monoisotopic (exact) mass is 375 g/mol. The van der Waals surface area contributed by atoms with Crippen molar-refractivity contribution in [2.24, 2.45) is 7.05 Å². The van der Waals surface area contributed by atoms with E-state index in [1.807, 2.05) is 49.5 Å². The molecule has 0 N–H and O–H groups in total. The normalized spacial score (nSPS) is 11.6. The number of para-hydroxylation sites is 3. The second-order valence-electron chi connectivity index (χ2n) is 7.18. The van der Waals surface area contributed by atoms with Crippen LogP contribution in [0.3, 0.4) is 0 Å². The highest BCUT2D eigenvalue weighted by molar-refractivity contribution is 6.08. The lowest BCUT2D eigenvalue weighted by Crippen LogP contribution is -1.92. The standard InChI is InChI=1S/C25H17N3O/c1-28-22-13-6-5-12-21(22)26-24(28)19-11-7-10-17-18-14-15-20(16-8-3-2-4-9-16)27-25(18)29-23(17)19/h2-15H,1H3. The van der Waals surface area contributed by atoms with E-state index in [9.17, 15) is 0 Å². The average Bonchev–Trinajstić information content (AvgIpc) is 3.32. The van der Waals surface area contributed by atoms with Crippen molar-refractivity contribution in [3.8, 4) is 22.6 Å². The molecule has 3 heterocycles. The van der Waals surface area contributed by atoms with Gasteiger partial charge >= 0.3 is 0 Å². The fourth-order valence-electron chi connectivity index (χ4n) is 4.01. The van der Waals surface area contributed by atoms with Crippen LogP contribution < -0.4 is 0 Å². The van der Waals surface area contributed by atoms with E-state index in [0.717, 1.165) is 50.0 Å². The molecule has 0 aliphatic rings. The van der Waals surface area contributed by atoms with Gasteiger partial charge in [-0.3, -0.25) is 0 Å². The third-order valence-corrected chi connectivity index (χ3v) is 5.46. The Morgan fingerprint density at radius 1 is 0.724 bits per heavy atom. The van der Waals surface area contributed by atoms with Gasteiger partial charge in [-0.05, 0) is 30.3 Å². The molecule has 4 nitrogen and oxygen atoms in total. The maximum atomic E-state index is 6.29. The summed E-state index contributed by atoms with van der Waals surface area (Å²) in [6.07, 6.45) is 0. The number of rotatable bonds is 2. The van der Waals surface area contributed by atoms with E-state index in [4.69, 9.17) is 14.4 Å². The number of nitrogens with zero attached hydrogens (tertiary/aromatic N) is 3. The van der Waals surface area contributed by atoms with Crippen molar-refractivity contribution >= 4 is 33.1 Å². The third kappa shape index (κ3) is 2.39. The minimum Gasteiger partial charge on any atom is -0.437 e. The summed E-state index contributed by atoms with van der Waals surface area (Å²) in [7, 11) is 2.04. The van der Waals surface area contributed by atoms with E-state index in [1.54, 1.807) is 0 Å². The fraction of sp³-hybridized carbons (Fsp3) is 0.0400. The molecule has 0 radical (unpaired) electrons. The molecule has 29 heavy (non-hydrogen) atoms. The van der Waals surface area contributed by atoms with Gasteiger partial charge < -0.3 is 8.98 Å². The van der Waals surface area contributed by atoms with Crippen molar-refractivity contribution in [2.75, 3.05) is 0 Å². The Morgan fingerprint density at radius 3 is 2.41 bits per heavy atom. The first-order chi connectivity index (χ1) is 14.3. The molecule has 0 unspecified atom stereocenters. The molecule has 0 aliphatic carbocycles. The molecule has 3 aromatic carbocycles. The van der Waals surface area contributed by atoms with Crippen molar-refractivity contribution < 1.29 is 4.42 Å². The molecule has 0 bridgehead atoms. The first-order valence-corrected chi connectivity index (χ1v) is 9.59. The predicted molar refractivity (Wildman–Crippen MR) is 117 cm³/mol. The number of aryl methyl sites for hydroxylation is 1. The van der Waals surface area contributed by atoms with Crippen molar-refractivity contribution in [3.63, 3.8) is 0 Å². The highest BCUT2D eigenvalue weighted by Gasteiger charge is 2.17. The van der Waals surface area contributed by atoms with Crippen LogP contribution in [0.25, 0.3) is 55.7 Å². The maximum Gasteiger partial charge on any atom is 0.227 e. The molecule has 0 saturated carbocycles. The molecular weight excluding hydrogens is 358 g/mol. The van der Waals surface area contributed by atoms with Crippen molar-refractivity contribution in [2.45, 2.75) is 0 Å². The predicted octanol–water partition coefficient (Wildman–Crippen LogP) is 6.20. The van der Waals surface area contributed by atoms with Gasteiger partial charge in [-0.2, -0.15) is 0 Å². The summed E-state index contributed by atoms with van der Waals surface area (Å²) in [5, 5.41) is 2.07. The second-order valence-corrected chi connectivity index (χ2v) is 7.18. The van der Waals surface area contributed by atoms with E-state index < -0.39 is 0 Å². The Hall–Kier alpha value is -3.92. The van der Waals surface area contributed by atoms with Gasteiger partial charge in [0.25, 0.3) is 0 Å². The Bertz CT molecular complexity index is 1510. The van der Waals surface area contributed by atoms with Crippen LogP contribution in [0, 0.1) is 0 Å². The maximum absolute atomic E-state index is 6.29. The van der Waals surface area contributed by atoms with E-state index in [1.165, 1.54) is 0 Å². The van der Waals surface area contributed by atoms with Crippen LogP contribution in [0.15, 0.2) is 89.3 Å². The van der Waals surface area contributed by atoms with Gasteiger partial charge in [-0.1, -0.05) is 54.6 Å². The number of imidazole rings is 1. The van der Waals surface area contributed by atoms with Crippen LogP contribution in [0.2, 0.25) is 0 Å². The summed E-state index contributed by atoms with van der Waals surface area (Å²) in [6, 6.07) is 28.6. The molecule has 0 amide bonds. The van der Waals surface area contributed by atoms with Crippen molar-refractivity contribution in [3.05, 3.63) is 84.9 Å². The van der Waals surface area contributed by atoms with Gasteiger partial charge in [-0.25, -0.2) is 9.97 Å². The van der Waals surface area contributed by atoms with Gasteiger partial charge in [-0.15, -0.1) is 0 Å². The summed E-state index contributed by atoms with van der Waals surface area (Å²) < 4.78 is 8.40. The molecule has 138 valence electrons. The minimum absolute atomic E-state index is 0.646. The Kier molecular flexibility index (Phi) is 3.35. The molecule has 4 heteroatoms. The Labute approximate surface area is 167 Å². The number of hydrogen-bond donors (Lipinski definition) is 0. The topological polar surface area (TPSA) is 43.9 Å². The molecule has 0 fully saturated rings. The zero-order valence-electron chi connectivity index (χ0n) is 15.8. The molecule has 6 rings (SSSR count). The molecule has 0 atom stereocenters. The van der Waals surface area contributed by atoms with E-state index >= 15 is 0 Å². The summed E-state index contributed by atoms with van der Waals surface area (Å²) in [4.78, 5) is 9.64. The highest BCUT2D eigenvalue weighted by Crippen LogP contribution is 2.36. The van der Waals surface area contributed by atoms with Crippen LogP contribution in [-0.2, 0) is 7.05 Å². The van der Waals surface area contributed by atoms with E-state index in [2.05, 4.69) is 47.0 Å². The van der Waals surface area contributed by atoms with Gasteiger partial charge in [0.2, 0.25) is 5.71 Å². The number of hydrogen-bond acceptors (Lipinski definition) is 3. The zero-order valence-corrected chi connectivity index (χ0v) is 15.8. The first kappa shape index (κ1) is 16.1. The highest BCUT2D eigenvalue weighted by atomic mass is 16.3. The fourth-order valence-corrected chi connectivity index (χ4v) is 4.01. The third-order valence-electron chi connectivity index (χ3n) is 5.46. The molecular formula is C25H17N3O. The lowest BCUT2D eigenvalue weighted by atomic mass is 10.1.